The number of hydrogen-bond acceptors (Lipinski definition) is 3. The number of carbonyl (C=O) groups is 2. The molecule has 0 unspecified atom stereocenters. The lowest BCUT2D eigenvalue weighted by Gasteiger charge is -2.17. The van der Waals surface area contributed by atoms with Crippen molar-refractivity contribution < 1.29 is 14.3 Å². The van der Waals surface area contributed by atoms with E-state index in [0.717, 1.165) is 4.90 Å². The molecule has 2 aromatic carbocycles. The van der Waals surface area contributed by atoms with Gasteiger partial charge in [0.25, 0.3) is 11.8 Å². The summed E-state index contributed by atoms with van der Waals surface area (Å²) in [5.41, 5.74) is 1.18. The predicted molar refractivity (Wildman–Crippen MR) is 83.3 cm³/mol. The lowest BCUT2D eigenvalue weighted by Crippen LogP contribution is -2.29. The maximum absolute atomic E-state index is 12.4. The summed E-state index contributed by atoms with van der Waals surface area (Å²) in [4.78, 5) is 26.0. The quantitative estimate of drug-likeness (QED) is 0.757. The number of anilines is 1. The minimum Gasteiger partial charge on any atom is -0.495 e. The van der Waals surface area contributed by atoms with Crippen molar-refractivity contribution in [1.29, 1.82) is 0 Å². The highest BCUT2D eigenvalue weighted by molar-refractivity contribution is 9.10. The molecule has 1 heterocycles. The van der Waals surface area contributed by atoms with Gasteiger partial charge in [-0.2, -0.15) is 0 Å². The topological polar surface area (TPSA) is 46.6 Å². The molecule has 0 radical (unpaired) electrons. The van der Waals surface area contributed by atoms with Gasteiger partial charge in [-0.15, -0.1) is 0 Å². The van der Waals surface area contributed by atoms with E-state index in [1.54, 1.807) is 30.3 Å². The van der Waals surface area contributed by atoms with Crippen molar-refractivity contribution in [3.63, 3.8) is 0 Å². The molecule has 1 aliphatic rings. The second-order valence-electron chi connectivity index (χ2n) is 4.43. The van der Waals surface area contributed by atoms with Crippen LogP contribution in [-0.4, -0.2) is 18.9 Å². The molecule has 0 aliphatic carbocycles. The van der Waals surface area contributed by atoms with Crippen molar-refractivity contribution in [2.45, 2.75) is 0 Å². The third-order valence-electron chi connectivity index (χ3n) is 3.26. The molecule has 0 saturated carbocycles. The molecule has 2 aromatic rings. The Balaban J connectivity index is 2.13. The van der Waals surface area contributed by atoms with Gasteiger partial charge >= 0.3 is 0 Å². The van der Waals surface area contributed by atoms with Crippen LogP contribution in [0.2, 0.25) is 5.02 Å². The Morgan fingerprint density at radius 1 is 1.10 bits per heavy atom. The normalized spacial score (nSPS) is 13.6. The summed E-state index contributed by atoms with van der Waals surface area (Å²) in [6.45, 7) is 0. The third-order valence-corrected chi connectivity index (χ3v) is 4.19. The summed E-state index contributed by atoms with van der Waals surface area (Å²) in [5.74, 6) is -0.265. The Morgan fingerprint density at radius 3 is 2.19 bits per heavy atom. The Kier molecular flexibility index (Phi) is 3.47. The first-order valence-electron chi connectivity index (χ1n) is 6.05. The van der Waals surface area contributed by atoms with Crippen LogP contribution in [0, 0.1) is 0 Å². The second kappa shape index (κ2) is 5.16. The van der Waals surface area contributed by atoms with Crippen molar-refractivity contribution in [3.05, 3.63) is 57.0 Å². The van der Waals surface area contributed by atoms with E-state index in [4.69, 9.17) is 16.3 Å². The summed E-state index contributed by atoms with van der Waals surface area (Å²) < 4.78 is 5.66. The van der Waals surface area contributed by atoms with E-state index in [-0.39, 0.29) is 11.8 Å². The highest BCUT2D eigenvalue weighted by Crippen LogP contribution is 2.39. The molecule has 106 valence electrons. The van der Waals surface area contributed by atoms with E-state index in [9.17, 15) is 9.59 Å². The van der Waals surface area contributed by atoms with E-state index in [2.05, 4.69) is 15.9 Å². The molecule has 0 atom stereocenters. The Morgan fingerprint density at radius 2 is 1.67 bits per heavy atom. The highest BCUT2D eigenvalue weighted by atomic mass is 79.9. The largest absolute Gasteiger partial charge is 0.495 e. The summed E-state index contributed by atoms with van der Waals surface area (Å²) in [7, 11) is 1.50. The number of methoxy groups -OCH3 is 1. The van der Waals surface area contributed by atoms with Gasteiger partial charge in [-0.05, 0) is 40.2 Å². The van der Waals surface area contributed by atoms with Gasteiger partial charge in [0.1, 0.15) is 5.75 Å². The lowest BCUT2D eigenvalue weighted by atomic mass is 10.1. The van der Waals surface area contributed by atoms with Gasteiger partial charge in [0, 0.05) is 4.47 Å². The maximum Gasteiger partial charge on any atom is 0.266 e. The third kappa shape index (κ3) is 2.13. The number of nitrogens with zero attached hydrogens (tertiary/aromatic N) is 1. The average Bonchev–Trinajstić information content (AvgIpc) is 2.74. The highest BCUT2D eigenvalue weighted by Gasteiger charge is 2.37. The average molecular weight is 367 g/mol. The zero-order valence-electron chi connectivity index (χ0n) is 10.9. The van der Waals surface area contributed by atoms with Crippen molar-refractivity contribution in [2.75, 3.05) is 12.0 Å². The van der Waals surface area contributed by atoms with E-state index in [1.807, 2.05) is 0 Å². The summed E-state index contributed by atoms with van der Waals surface area (Å²) >= 11 is 9.44. The zero-order valence-corrected chi connectivity index (χ0v) is 13.2. The fraction of sp³-hybridized carbons (Fsp3) is 0.0667. The first-order chi connectivity index (χ1) is 10.0. The molecule has 1 aliphatic heterocycles. The molecule has 0 aromatic heterocycles. The van der Waals surface area contributed by atoms with Crippen LogP contribution in [-0.2, 0) is 0 Å². The zero-order chi connectivity index (χ0) is 15.1. The van der Waals surface area contributed by atoms with Crippen LogP contribution >= 0.6 is 27.5 Å². The first-order valence-corrected chi connectivity index (χ1v) is 7.22. The Hall–Kier alpha value is -1.85. The van der Waals surface area contributed by atoms with Gasteiger partial charge < -0.3 is 4.74 Å². The smallest absolute Gasteiger partial charge is 0.266 e. The van der Waals surface area contributed by atoms with Crippen molar-refractivity contribution in [3.8, 4) is 5.75 Å². The Labute approximate surface area is 134 Å². The van der Waals surface area contributed by atoms with Crippen LogP contribution < -0.4 is 9.64 Å². The predicted octanol–water partition coefficient (Wildman–Crippen LogP) is 3.91. The summed E-state index contributed by atoms with van der Waals surface area (Å²) in [6, 6.07) is 9.88. The van der Waals surface area contributed by atoms with E-state index < -0.39 is 0 Å². The van der Waals surface area contributed by atoms with E-state index in [1.165, 1.54) is 13.2 Å². The molecule has 0 bridgehead atoms. The number of rotatable bonds is 2. The molecule has 0 fully saturated rings. The summed E-state index contributed by atoms with van der Waals surface area (Å²) in [5, 5.41) is 0.326. The van der Waals surface area contributed by atoms with Gasteiger partial charge in [-0.25, -0.2) is 4.90 Å². The maximum atomic E-state index is 12.4. The molecular weight excluding hydrogens is 358 g/mol. The molecule has 4 nitrogen and oxygen atoms in total. The molecule has 3 rings (SSSR count). The van der Waals surface area contributed by atoms with Crippen LogP contribution in [0.5, 0.6) is 5.75 Å². The van der Waals surface area contributed by atoms with Crippen LogP contribution in [0.3, 0.4) is 0 Å². The number of benzene rings is 2. The van der Waals surface area contributed by atoms with Crippen LogP contribution in [0.1, 0.15) is 20.7 Å². The van der Waals surface area contributed by atoms with Crippen molar-refractivity contribution >= 4 is 45.0 Å². The number of carbonyl (C=O) groups excluding carboxylic acids is 2. The molecular formula is C15H9BrClNO3. The number of ether oxygens (including phenoxy) is 1. The van der Waals surface area contributed by atoms with E-state index in [0.29, 0.717) is 32.1 Å². The summed E-state index contributed by atoms with van der Waals surface area (Å²) in [6.07, 6.45) is 0. The van der Waals surface area contributed by atoms with Crippen molar-refractivity contribution in [2.24, 2.45) is 0 Å². The SMILES string of the molecule is COc1cc(Br)c(N2C(=O)c3ccccc3C2=O)cc1Cl. The second-order valence-corrected chi connectivity index (χ2v) is 5.69. The lowest BCUT2D eigenvalue weighted by molar-refractivity contribution is 0.0926. The molecule has 2 amide bonds. The van der Waals surface area contributed by atoms with Gasteiger partial charge in [0.15, 0.2) is 0 Å². The van der Waals surface area contributed by atoms with Crippen LogP contribution in [0.15, 0.2) is 40.9 Å². The fourth-order valence-electron chi connectivity index (χ4n) is 2.25. The monoisotopic (exact) mass is 365 g/mol. The first kappa shape index (κ1) is 14.1. The molecule has 0 N–H and O–H groups in total. The van der Waals surface area contributed by atoms with Crippen LogP contribution in [0.4, 0.5) is 5.69 Å². The van der Waals surface area contributed by atoms with Gasteiger partial charge in [0.2, 0.25) is 0 Å². The van der Waals surface area contributed by atoms with Gasteiger partial charge in [-0.1, -0.05) is 23.7 Å². The fourth-order valence-corrected chi connectivity index (χ4v) is 2.99. The molecule has 6 heteroatoms. The van der Waals surface area contributed by atoms with Crippen molar-refractivity contribution in [1.82, 2.24) is 0 Å². The van der Waals surface area contributed by atoms with Gasteiger partial charge in [0.05, 0.1) is 28.9 Å². The Bertz CT molecular complexity index is 741. The molecule has 21 heavy (non-hydrogen) atoms. The number of imide groups is 1. The van der Waals surface area contributed by atoms with Gasteiger partial charge in [-0.3, -0.25) is 9.59 Å². The van der Waals surface area contributed by atoms with E-state index >= 15 is 0 Å². The number of hydrogen-bond donors (Lipinski definition) is 0. The minimum atomic E-state index is -0.363. The molecule has 0 spiro atoms. The molecule has 0 saturated heterocycles. The number of amides is 2. The van der Waals surface area contributed by atoms with Crippen LogP contribution in [0.25, 0.3) is 0 Å². The minimum absolute atomic E-state index is 0.326. The number of halogens is 2. The number of fused-ring (bicyclic) bond motifs is 1. The standard InChI is InChI=1S/C15H9BrClNO3/c1-21-13-6-10(16)12(7-11(13)17)18-14(19)8-4-2-3-5-9(8)15(18)20/h2-7H,1H3.